The second-order valence-electron chi connectivity index (χ2n) is 8.96. The zero-order valence-electron chi connectivity index (χ0n) is 21.1. The van der Waals surface area contributed by atoms with E-state index in [2.05, 4.69) is 10.2 Å². The number of hydrogen-bond acceptors (Lipinski definition) is 5. The summed E-state index contributed by atoms with van der Waals surface area (Å²) in [6, 6.07) is 9.18. The van der Waals surface area contributed by atoms with Gasteiger partial charge in [0, 0.05) is 43.0 Å². The first-order valence-corrected chi connectivity index (χ1v) is 13.9. The molecule has 0 aliphatic heterocycles. The maximum absolute atomic E-state index is 13.2. The predicted octanol–water partition coefficient (Wildman–Crippen LogP) is 6.18. The van der Waals surface area contributed by atoms with Gasteiger partial charge in [-0.1, -0.05) is 43.1 Å². The summed E-state index contributed by atoms with van der Waals surface area (Å²) in [5.41, 5.74) is 1.39. The second-order valence-corrected chi connectivity index (χ2v) is 11.3. The molecule has 0 unspecified atom stereocenters. The molecule has 2 rings (SSSR count). The normalized spacial score (nSPS) is 11.6. The fourth-order valence-corrected chi connectivity index (χ4v) is 4.89. The van der Waals surface area contributed by atoms with Gasteiger partial charge in [0.25, 0.3) is 0 Å². The van der Waals surface area contributed by atoms with E-state index in [9.17, 15) is 13.2 Å². The minimum absolute atomic E-state index is 0.0343. The molecule has 0 fully saturated rings. The van der Waals surface area contributed by atoms with Crippen LogP contribution in [-0.2, 0) is 16.7 Å². The van der Waals surface area contributed by atoms with E-state index in [-0.39, 0.29) is 45.2 Å². The van der Waals surface area contributed by atoms with Crippen LogP contribution < -0.4 is 14.4 Å². The molecule has 0 aromatic heterocycles. The molecule has 0 heterocycles. The number of urea groups is 1. The van der Waals surface area contributed by atoms with E-state index in [0.717, 1.165) is 18.8 Å². The van der Waals surface area contributed by atoms with Crippen molar-refractivity contribution in [3.63, 3.8) is 0 Å². The van der Waals surface area contributed by atoms with Crippen molar-refractivity contribution in [2.45, 2.75) is 59.0 Å². The van der Waals surface area contributed by atoms with Gasteiger partial charge in [-0.25, -0.2) is 4.79 Å². The molecular weight excluding hydrogens is 509 g/mol. The van der Waals surface area contributed by atoms with Gasteiger partial charge in [-0.2, -0.15) is 8.42 Å². The molecule has 2 aromatic carbocycles. The molecule has 35 heavy (non-hydrogen) atoms. The molecule has 10 heteroatoms. The lowest BCUT2D eigenvalue weighted by Crippen LogP contribution is -2.44. The topological polar surface area (TPSA) is 79.0 Å². The smallest absolute Gasteiger partial charge is 0.339 e. The van der Waals surface area contributed by atoms with Crippen molar-refractivity contribution in [1.29, 1.82) is 0 Å². The summed E-state index contributed by atoms with van der Waals surface area (Å²) in [7, 11) is -4.21. The molecule has 0 atom stereocenters. The van der Waals surface area contributed by atoms with Gasteiger partial charge in [-0.05, 0) is 57.9 Å². The second kappa shape index (κ2) is 12.7. The number of halogens is 2. The van der Waals surface area contributed by atoms with Crippen LogP contribution in [0.2, 0.25) is 10.0 Å². The van der Waals surface area contributed by atoms with E-state index < -0.39 is 10.1 Å². The number of nitrogens with one attached hydrogen (secondary N) is 1. The number of nitrogens with zero attached hydrogens (tertiary/aromatic N) is 2. The Morgan fingerprint density at radius 1 is 1.00 bits per heavy atom. The predicted molar refractivity (Wildman–Crippen MR) is 143 cm³/mol. The van der Waals surface area contributed by atoms with Gasteiger partial charge in [0.05, 0.1) is 16.6 Å². The van der Waals surface area contributed by atoms with E-state index >= 15 is 0 Å². The van der Waals surface area contributed by atoms with Crippen molar-refractivity contribution in [3.05, 3.63) is 52.0 Å². The van der Waals surface area contributed by atoms with Crippen LogP contribution in [0.3, 0.4) is 0 Å². The largest absolute Gasteiger partial charge is 0.379 e. The molecule has 0 aliphatic rings. The molecule has 0 aliphatic carbocycles. The Morgan fingerprint density at radius 3 is 2.20 bits per heavy atom. The number of amides is 2. The number of rotatable bonds is 11. The molecule has 1 N–H and O–H groups in total. The minimum Gasteiger partial charge on any atom is -0.379 e. The van der Waals surface area contributed by atoms with Crippen LogP contribution in [-0.4, -0.2) is 45.0 Å². The van der Waals surface area contributed by atoms with Crippen molar-refractivity contribution in [2.24, 2.45) is 5.92 Å². The van der Waals surface area contributed by atoms with E-state index in [0.29, 0.717) is 12.1 Å². The molecule has 194 valence electrons. The number of carbonyl (C=O) groups is 1. The first-order valence-electron chi connectivity index (χ1n) is 11.7. The highest BCUT2D eigenvalue weighted by atomic mass is 35.5. The average molecular weight is 545 g/mol. The van der Waals surface area contributed by atoms with Crippen molar-refractivity contribution < 1.29 is 17.4 Å². The number of hydrogen-bond donors (Lipinski definition) is 1. The van der Waals surface area contributed by atoms with E-state index in [1.54, 1.807) is 11.0 Å². The van der Waals surface area contributed by atoms with Crippen LogP contribution in [0.15, 0.2) is 41.3 Å². The Morgan fingerprint density at radius 2 is 1.66 bits per heavy atom. The molecular formula is C25H35Cl2N3O4S. The maximum Gasteiger partial charge on any atom is 0.339 e. The van der Waals surface area contributed by atoms with Crippen molar-refractivity contribution in [3.8, 4) is 5.75 Å². The molecule has 2 amide bonds. The molecule has 0 spiro atoms. The Balaban J connectivity index is 2.52. The van der Waals surface area contributed by atoms with Crippen molar-refractivity contribution in [2.75, 3.05) is 24.5 Å². The van der Waals surface area contributed by atoms with Gasteiger partial charge < -0.3 is 19.3 Å². The van der Waals surface area contributed by atoms with Crippen LogP contribution in [0, 0.1) is 5.92 Å². The molecule has 0 saturated heterocycles. The fraction of sp³-hybridized carbons (Fsp3) is 0.480. The highest BCUT2D eigenvalue weighted by Crippen LogP contribution is 2.31. The summed E-state index contributed by atoms with van der Waals surface area (Å²) in [6.45, 7) is 14.0. The van der Waals surface area contributed by atoms with Crippen LogP contribution in [0.4, 0.5) is 10.5 Å². The lowest BCUT2D eigenvalue weighted by molar-refractivity contribution is 0.185. The standard InChI is InChI=1S/C25H35Cl2N3O4S/c1-7-29(8-2)20-10-9-19(16-30(15-17(3)4)25(31)28-18(5)6)24(13-20)34-35(32,33)21-11-12-22(26)23(27)14-21/h9-14,17-18H,7-8,15-16H2,1-6H3,(H,28,31). The molecule has 7 nitrogen and oxygen atoms in total. The molecule has 2 aromatic rings. The van der Waals surface area contributed by atoms with Gasteiger partial charge in [0.1, 0.15) is 10.6 Å². The van der Waals surface area contributed by atoms with Crippen molar-refractivity contribution in [1.82, 2.24) is 10.2 Å². The molecule has 0 bridgehead atoms. The van der Waals surface area contributed by atoms with Gasteiger partial charge in [-0.15, -0.1) is 0 Å². The fourth-order valence-electron chi connectivity index (χ4n) is 3.54. The summed E-state index contributed by atoms with van der Waals surface area (Å²) >= 11 is 12.0. The summed E-state index contributed by atoms with van der Waals surface area (Å²) in [5.74, 6) is 0.374. The highest BCUT2D eigenvalue weighted by Gasteiger charge is 2.23. The van der Waals surface area contributed by atoms with Gasteiger partial charge in [0.2, 0.25) is 0 Å². The van der Waals surface area contributed by atoms with Gasteiger partial charge in [0.15, 0.2) is 0 Å². The maximum atomic E-state index is 13.2. The molecule has 0 saturated carbocycles. The lowest BCUT2D eigenvalue weighted by Gasteiger charge is -2.28. The third-order valence-corrected chi connectivity index (χ3v) is 7.17. The monoisotopic (exact) mass is 543 g/mol. The van der Waals surface area contributed by atoms with Crippen LogP contribution in [0.5, 0.6) is 5.75 Å². The average Bonchev–Trinajstić information content (AvgIpc) is 2.76. The number of benzene rings is 2. The number of carbonyl (C=O) groups excluding carboxylic acids is 1. The zero-order chi connectivity index (χ0) is 26.3. The van der Waals surface area contributed by atoms with Crippen molar-refractivity contribution >= 4 is 45.0 Å². The summed E-state index contributed by atoms with van der Waals surface area (Å²) in [6.07, 6.45) is 0. The van der Waals surface area contributed by atoms with E-state index in [1.807, 2.05) is 53.7 Å². The first-order chi connectivity index (χ1) is 16.4. The van der Waals surface area contributed by atoms with Crippen LogP contribution in [0.1, 0.15) is 47.1 Å². The summed E-state index contributed by atoms with van der Waals surface area (Å²) in [4.78, 5) is 16.5. The SMILES string of the molecule is CCN(CC)c1ccc(CN(CC(C)C)C(=O)NC(C)C)c(OS(=O)(=O)c2ccc(Cl)c(Cl)c2)c1. The Kier molecular flexibility index (Phi) is 10.5. The van der Waals surface area contributed by atoms with Gasteiger partial charge in [-0.3, -0.25) is 0 Å². The van der Waals surface area contributed by atoms with Crippen LogP contribution >= 0.6 is 23.2 Å². The van der Waals surface area contributed by atoms with E-state index in [1.165, 1.54) is 18.2 Å². The summed E-state index contributed by atoms with van der Waals surface area (Å²) < 4.78 is 31.9. The van der Waals surface area contributed by atoms with Gasteiger partial charge >= 0.3 is 16.1 Å². The van der Waals surface area contributed by atoms with E-state index in [4.69, 9.17) is 27.4 Å². The Bertz CT molecular complexity index is 1120. The highest BCUT2D eigenvalue weighted by molar-refractivity contribution is 7.87. The third kappa shape index (κ3) is 8.19. The minimum atomic E-state index is -4.21. The number of anilines is 1. The molecule has 0 radical (unpaired) electrons. The third-order valence-electron chi connectivity index (χ3n) is 5.20. The quantitative estimate of drug-likeness (QED) is 0.342. The first kappa shape index (κ1) is 29.1. The van der Waals surface area contributed by atoms with Crippen LogP contribution in [0.25, 0.3) is 0 Å². The lowest BCUT2D eigenvalue weighted by atomic mass is 10.1. The zero-order valence-corrected chi connectivity index (χ0v) is 23.5. The Hall–Kier alpha value is -2.16. The summed E-state index contributed by atoms with van der Waals surface area (Å²) in [5, 5.41) is 3.27. The Labute approximate surface area is 219 Å².